The van der Waals surface area contributed by atoms with Gasteiger partial charge in [-0.25, -0.2) is 13.1 Å². The Morgan fingerprint density at radius 3 is 2.40 bits per heavy atom. The molecule has 0 saturated heterocycles. The van der Waals surface area contributed by atoms with E-state index in [0.717, 1.165) is 10.2 Å². The molecule has 0 aliphatic heterocycles. The lowest BCUT2D eigenvalue weighted by atomic mass is 10.3. The summed E-state index contributed by atoms with van der Waals surface area (Å²) in [5.74, 6) is -0.0206. The first-order chi connectivity index (χ1) is 9.35. The Morgan fingerprint density at radius 1 is 1.30 bits per heavy atom. The summed E-state index contributed by atoms with van der Waals surface area (Å²) in [4.78, 5) is 13.2. The Labute approximate surface area is 128 Å². The van der Waals surface area contributed by atoms with Gasteiger partial charge in [0, 0.05) is 30.2 Å². The highest BCUT2D eigenvalue weighted by Gasteiger charge is 2.13. The van der Waals surface area contributed by atoms with E-state index in [1.54, 1.807) is 4.90 Å². The van der Waals surface area contributed by atoms with Gasteiger partial charge in [0.15, 0.2) is 0 Å². The molecular formula is C13H19BrN2O3S. The Morgan fingerprint density at radius 2 is 1.90 bits per heavy atom. The van der Waals surface area contributed by atoms with Crippen LogP contribution < -0.4 is 9.62 Å². The van der Waals surface area contributed by atoms with Crippen LogP contribution in [0, 0.1) is 0 Å². The van der Waals surface area contributed by atoms with Crippen LogP contribution in [0.3, 0.4) is 0 Å². The van der Waals surface area contributed by atoms with Gasteiger partial charge in [-0.2, -0.15) is 0 Å². The van der Waals surface area contributed by atoms with Crippen molar-refractivity contribution in [2.75, 3.05) is 23.7 Å². The molecule has 1 N–H and O–H groups in total. The van der Waals surface area contributed by atoms with Gasteiger partial charge in [0.05, 0.1) is 5.75 Å². The van der Waals surface area contributed by atoms with Crippen LogP contribution in [0.5, 0.6) is 0 Å². The van der Waals surface area contributed by atoms with Gasteiger partial charge in [-0.05, 0) is 30.7 Å². The zero-order chi connectivity index (χ0) is 15.2. The van der Waals surface area contributed by atoms with Crippen molar-refractivity contribution in [3.63, 3.8) is 0 Å². The van der Waals surface area contributed by atoms with E-state index in [4.69, 9.17) is 0 Å². The van der Waals surface area contributed by atoms with Crippen molar-refractivity contribution in [3.05, 3.63) is 28.7 Å². The molecule has 0 bridgehead atoms. The van der Waals surface area contributed by atoms with Crippen LogP contribution in [-0.4, -0.2) is 33.2 Å². The molecule has 1 rings (SSSR count). The standard InChI is InChI=1S/C13H19BrN2O3S/c1-3-10-20(18,19)15-8-9-16(11(2)17)13-6-4-12(14)5-7-13/h4-7,15H,3,8-10H2,1-2H3. The molecule has 1 amide bonds. The van der Waals surface area contributed by atoms with Crippen molar-refractivity contribution in [2.45, 2.75) is 20.3 Å². The molecule has 5 nitrogen and oxygen atoms in total. The zero-order valence-corrected chi connectivity index (χ0v) is 14.0. The fourth-order valence-electron chi connectivity index (χ4n) is 1.74. The average molecular weight is 363 g/mol. The average Bonchev–Trinajstić information content (AvgIpc) is 2.35. The predicted octanol–water partition coefficient (Wildman–Crippen LogP) is 2.13. The second-order valence-electron chi connectivity index (χ2n) is 4.36. The summed E-state index contributed by atoms with van der Waals surface area (Å²) in [6.45, 7) is 3.78. The van der Waals surface area contributed by atoms with Crippen molar-refractivity contribution < 1.29 is 13.2 Å². The second kappa shape index (κ2) is 7.75. The number of anilines is 1. The maximum Gasteiger partial charge on any atom is 0.223 e. The number of hydrogen-bond donors (Lipinski definition) is 1. The van der Waals surface area contributed by atoms with Crippen LogP contribution in [0.15, 0.2) is 28.7 Å². The molecule has 0 aromatic heterocycles. The van der Waals surface area contributed by atoms with E-state index in [0.29, 0.717) is 13.0 Å². The Bertz CT molecular complexity index is 543. The molecule has 112 valence electrons. The first-order valence-electron chi connectivity index (χ1n) is 6.36. The van der Waals surface area contributed by atoms with E-state index < -0.39 is 10.0 Å². The van der Waals surface area contributed by atoms with E-state index in [9.17, 15) is 13.2 Å². The van der Waals surface area contributed by atoms with Crippen molar-refractivity contribution in [1.29, 1.82) is 0 Å². The summed E-state index contributed by atoms with van der Waals surface area (Å²) in [6, 6.07) is 7.30. The fraction of sp³-hybridized carbons (Fsp3) is 0.462. The molecule has 0 radical (unpaired) electrons. The number of halogens is 1. The SMILES string of the molecule is CCCS(=O)(=O)NCCN(C(C)=O)c1ccc(Br)cc1. The Balaban J connectivity index is 2.65. The molecule has 0 atom stereocenters. The number of carbonyl (C=O) groups excluding carboxylic acids is 1. The second-order valence-corrected chi connectivity index (χ2v) is 7.20. The van der Waals surface area contributed by atoms with E-state index in [1.165, 1.54) is 6.92 Å². The summed E-state index contributed by atoms with van der Waals surface area (Å²) >= 11 is 3.33. The minimum absolute atomic E-state index is 0.103. The lowest BCUT2D eigenvalue weighted by Crippen LogP contribution is -2.38. The summed E-state index contributed by atoms with van der Waals surface area (Å²) < 4.78 is 26.5. The van der Waals surface area contributed by atoms with E-state index in [1.807, 2.05) is 31.2 Å². The van der Waals surface area contributed by atoms with E-state index in [2.05, 4.69) is 20.7 Å². The molecular weight excluding hydrogens is 344 g/mol. The third-order valence-corrected chi connectivity index (χ3v) is 4.77. The molecule has 0 unspecified atom stereocenters. The number of nitrogens with zero attached hydrogens (tertiary/aromatic N) is 1. The first-order valence-corrected chi connectivity index (χ1v) is 8.81. The highest BCUT2D eigenvalue weighted by molar-refractivity contribution is 9.10. The van der Waals surface area contributed by atoms with Crippen LogP contribution in [0.1, 0.15) is 20.3 Å². The smallest absolute Gasteiger partial charge is 0.223 e. The molecule has 0 aliphatic rings. The lowest BCUT2D eigenvalue weighted by Gasteiger charge is -2.21. The Kier molecular flexibility index (Phi) is 6.64. The van der Waals surface area contributed by atoms with Gasteiger partial charge >= 0.3 is 0 Å². The van der Waals surface area contributed by atoms with Crippen molar-refractivity contribution in [2.24, 2.45) is 0 Å². The molecule has 0 aliphatic carbocycles. The summed E-state index contributed by atoms with van der Waals surface area (Å²) in [6.07, 6.45) is 0.568. The van der Waals surface area contributed by atoms with Gasteiger partial charge in [0.25, 0.3) is 0 Å². The monoisotopic (exact) mass is 362 g/mol. The summed E-state index contributed by atoms with van der Waals surface area (Å²) in [5.41, 5.74) is 0.746. The lowest BCUT2D eigenvalue weighted by molar-refractivity contribution is -0.116. The number of amides is 1. The molecule has 0 fully saturated rings. The number of carbonyl (C=O) groups is 1. The largest absolute Gasteiger partial charge is 0.311 e. The first kappa shape index (κ1) is 17.1. The summed E-state index contributed by atoms with van der Waals surface area (Å²) in [7, 11) is -3.24. The zero-order valence-electron chi connectivity index (χ0n) is 11.6. The van der Waals surface area contributed by atoms with Gasteiger partial charge < -0.3 is 4.90 Å². The van der Waals surface area contributed by atoms with E-state index in [-0.39, 0.29) is 18.2 Å². The fourth-order valence-corrected chi connectivity index (χ4v) is 3.09. The molecule has 20 heavy (non-hydrogen) atoms. The minimum Gasteiger partial charge on any atom is -0.311 e. The Hall–Kier alpha value is -0.920. The predicted molar refractivity (Wildman–Crippen MR) is 84.2 cm³/mol. The molecule has 0 spiro atoms. The molecule has 7 heteroatoms. The normalized spacial score (nSPS) is 11.3. The van der Waals surface area contributed by atoms with Gasteiger partial charge in [0.2, 0.25) is 15.9 Å². The van der Waals surface area contributed by atoms with Gasteiger partial charge in [-0.3, -0.25) is 4.79 Å². The van der Waals surface area contributed by atoms with Gasteiger partial charge in [-0.15, -0.1) is 0 Å². The molecule has 1 aromatic rings. The van der Waals surface area contributed by atoms with Crippen LogP contribution in [0.25, 0.3) is 0 Å². The third-order valence-electron chi connectivity index (χ3n) is 2.65. The van der Waals surface area contributed by atoms with Crippen molar-refractivity contribution in [1.82, 2.24) is 4.72 Å². The summed E-state index contributed by atoms with van der Waals surface area (Å²) in [5, 5.41) is 0. The molecule has 0 heterocycles. The molecule has 1 aromatic carbocycles. The highest BCUT2D eigenvalue weighted by Crippen LogP contribution is 2.18. The molecule has 0 saturated carbocycles. The van der Waals surface area contributed by atoms with Crippen LogP contribution in [0.2, 0.25) is 0 Å². The van der Waals surface area contributed by atoms with E-state index >= 15 is 0 Å². The van der Waals surface area contributed by atoms with Gasteiger partial charge in [-0.1, -0.05) is 22.9 Å². The van der Waals surface area contributed by atoms with Crippen LogP contribution in [0.4, 0.5) is 5.69 Å². The van der Waals surface area contributed by atoms with Crippen molar-refractivity contribution in [3.8, 4) is 0 Å². The topological polar surface area (TPSA) is 66.5 Å². The third kappa shape index (κ3) is 5.60. The number of sulfonamides is 1. The minimum atomic E-state index is -3.24. The van der Waals surface area contributed by atoms with Gasteiger partial charge in [0.1, 0.15) is 0 Å². The number of hydrogen-bond acceptors (Lipinski definition) is 3. The van der Waals surface area contributed by atoms with Crippen molar-refractivity contribution >= 4 is 37.5 Å². The number of benzene rings is 1. The maximum atomic E-state index is 11.6. The highest BCUT2D eigenvalue weighted by atomic mass is 79.9. The van der Waals surface area contributed by atoms with Crippen LogP contribution in [-0.2, 0) is 14.8 Å². The maximum absolute atomic E-state index is 11.6. The number of nitrogens with one attached hydrogen (secondary N) is 1. The van der Waals surface area contributed by atoms with Crippen LogP contribution >= 0.6 is 15.9 Å². The quantitative estimate of drug-likeness (QED) is 0.807. The number of rotatable bonds is 7.